The average molecular weight is 331 g/mol. The molecule has 1 aliphatic rings. The van der Waals surface area contributed by atoms with Gasteiger partial charge in [0, 0.05) is 29.8 Å². The maximum atomic E-state index is 12.9. The Balaban J connectivity index is 1.69. The second kappa shape index (κ2) is 7.27. The highest BCUT2D eigenvalue weighted by molar-refractivity contribution is 7.98. The Labute approximate surface area is 140 Å². The van der Waals surface area contributed by atoms with E-state index in [1.54, 1.807) is 18.7 Å². The lowest BCUT2D eigenvalue weighted by molar-refractivity contribution is 0.0797. The first-order valence-corrected chi connectivity index (χ1v) is 9.08. The molecule has 0 spiro atoms. The van der Waals surface area contributed by atoms with E-state index in [0.717, 1.165) is 36.4 Å². The lowest BCUT2D eigenvalue weighted by Gasteiger charge is -2.31. The topological polar surface area (TPSA) is 59.2 Å². The monoisotopic (exact) mass is 331 g/mol. The number of aryl methyl sites for hydroxylation is 1. The molecule has 0 amide bonds. The van der Waals surface area contributed by atoms with Gasteiger partial charge in [-0.05, 0) is 31.7 Å². The highest BCUT2D eigenvalue weighted by Gasteiger charge is 2.28. The van der Waals surface area contributed by atoms with Gasteiger partial charge < -0.3 is 4.42 Å². The van der Waals surface area contributed by atoms with Crippen molar-refractivity contribution in [2.75, 3.05) is 19.3 Å². The second-order valence-electron chi connectivity index (χ2n) is 5.85. The molecule has 122 valence electrons. The number of hydrogen-bond acceptors (Lipinski definition) is 6. The molecular formula is C17H21N3O2S. The number of aromatic nitrogens is 2. The van der Waals surface area contributed by atoms with E-state index >= 15 is 0 Å². The van der Waals surface area contributed by atoms with Crippen LogP contribution in [-0.4, -0.2) is 40.2 Å². The summed E-state index contributed by atoms with van der Waals surface area (Å²) >= 11 is 1.63. The van der Waals surface area contributed by atoms with Crippen LogP contribution in [0, 0.1) is 12.8 Å². The minimum Gasteiger partial charge on any atom is -0.424 e. The highest BCUT2D eigenvalue weighted by atomic mass is 32.2. The van der Waals surface area contributed by atoms with Crippen LogP contribution < -0.4 is 0 Å². The number of thioether (sulfide) groups is 1. The standard InChI is InChI=1S/C17H21N3O2S/c1-12-18-19-16(22-12)11-20-9-5-6-13(10-20)17(21)14-7-3-4-8-15(14)23-2/h3-4,7-8,13H,5-6,9-11H2,1-2H3/t13-/m0/s1. The second-order valence-corrected chi connectivity index (χ2v) is 6.70. The van der Waals surface area contributed by atoms with Crippen molar-refractivity contribution in [3.8, 4) is 0 Å². The molecule has 23 heavy (non-hydrogen) atoms. The molecule has 1 atom stereocenters. The molecular weight excluding hydrogens is 310 g/mol. The molecule has 2 aromatic rings. The van der Waals surface area contributed by atoms with Crippen LogP contribution in [0.3, 0.4) is 0 Å². The number of carbonyl (C=O) groups excluding carboxylic acids is 1. The van der Waals surface area contributed by atoms with E-state index in [1.807, 2.05) is 30.5 Å². The number of nitrogens with zero attached hydrogens (tertiary/aromatic N) is 3. The number of rotatable bonds is 5. The Kier molecular flexibility index (Phi) is 5.13. The summed E-state index contributed by atoms with van der Waals surface area (Å²) in [7, 11) is 0. The third kappa shape index (κ3) is 3.82. The zero-order valence-electron chi connectivity index (χ0n) is 13.5. The van der Waals surface area contributed by atoms with Crippen LogP contribution in [0.1, 0.15) is 35.0 Å². The normalized spacial score (nSPS) is 19.0. The summed E-state index contributed by atoms with van der Waals surface area (Å²) in [4.78, 5) is 16.2. The summed E-state index contributed by atoms with van der Waals surface area (Å²) in [5, 5.41) is 7.91. The van der Waals surface area contributed by atoms with Gasteiger partial charge in [-0.1, -0.05) is 18.2 Å². The van der Waals surface area contributed by atoms with Gasteiger partial charge in [0.2, 0.25) is 11.8 Å². The molecule has 1 aliphatic heterocycles. The van der Waals surface area contributed by atoms with E-state index in [4.69, 9.17) is 4.42 Å². The summed E-state index contributed by atoms with van der Waals surface area (Å²) in [6, 6.07) is 7.87. The van der Waals surface area contributed by atoms with Crippen molar-refractivity contribution in [2.24, 2.45) is 5.92 Å². The van der Waals surface area contributed by atoms with E-state index in [1.165, 1.54) is 0 Å². The van der Waals surface area contributed by atoms with Gasteiger partial charge in [0.25, 0.3) is 0 Å². The zero-order valence-corrected chi connectivity index (χ0v) is 14.3. The van der Waals surface area contributed by atoms with E-state index in [9.17, 15) is 4.79 Å². The molecule has 3 rings (SSSR count). The van der Waals surface area contributed by atoms with Crippen LogP contribution in [0.25, 0.3) is 0 Å². The van der Waals surface area contributed by atoms with Crippen molar-refractivity contribution in [1.82, 2.24) is 15.1 Å². The number of piperidine rings is 1. The Hall–Kier alpha value is -1.66. The molecule has 1 aromatic carbocycles. The number of hydrogen-bond donors (Lipinski definition) is 0. The van der Waals surface area contributed by atoms with Gasteiger partial charge in [-0.3, -0.25) is 9.69 Å². The fourth-order valence-electron chi connectivity index (χ4n) is 3.07. The smallest absolute Gasteiger partial charge is 0.230 e. The fourth-order valence-corrected chi connectivity index (χ4v) is 3.68. The largest absolute Gasteiger partial charge is 0.424 e. The Morgan fingerprint density at radius 2 is 2.22 bits per heavy atom. The number of carbonyl (C=O) groups is 1. The van der Waals surface area contributed by atoms with Gasteiger partial charge in [-0.25, -0.2) is 0 Å². The Morgan fingerprint density at radius 3 is 2.96 bits per heavy atom. The quantitative estimate of drug-likeness (QED) is 0.619. The molecule has 5 nitrogen and oxygen atoms in total. The summed E-state index contributed by atoms with van der Waals surface area (Å²) in [5.74, 6) is 1.50. The number of benzene rings is 1. The maximum Gasteiger partial charge on any atom is 0.230 e. The minimum atomic E-state index is 0.0427. The van der Waals surface area contributed by atoms with E-state index in [2.05, 4.69) is 15.1 Å². The molecule has 2 heterocycles. The molecule has 0 unspecified atom stereocenters. The summed E-state index contributed by atoms with van der Waals surface area (Å²) in [6.07, 6.45) is 3.98. The maximum absolute atomic E-state index is 12.9. The molecule has 1 fully saturated rings. The van der Waals surface area contributed by atoms with Crippen molar-refractivity contribution in [3.63, 3.8) is 0 Å². The predicted molar refractivity (Wildman–Crippen MR) is 89.6 cm³/mol. The van der Waals surface area contributed by atoms with Crippen molar-refractivity contribution in [2.45, 2.75) is 31.2 Å². The molecule has 1 saturated heterocycles. The zero-order chi connectivity index (χ0) is 16.2. The summed E-state index contributed by atoms with van der Waals surface area (Å²) in [5.41, 5.74) is 0.848. The van der Waals surface area contributed by atoms with Gasteiger partial charge in [0.15, 0.2) is 5.78 Å². The van der Waals surface area contributed by atoms with Crippen LogP contribution in [0.4, 0.5) is 0 Å². The third-order valence-corrected chi connectivity index (χ3v) is 4.97. The first-order chi connectivity index (χ1) is 11.2. The third-order valence-electron chi connectivity index (χ3n) is 4.18. The summed E-state index contributed by atoms with van der Waals surface area (Å²) in [6.45, 7) is 4.13. The van der Waals surface area contributed by atoms with Gasteiger partial charge in [-0.15, -0.1) is 22.0 Å². The first-order valence-electron chi connectivity index (χ1n) is 7.86. The van der Waals surface area contributed by atoms with Crippen molar-refractivity contribution in [1.29, 1.82) is 0 Å². The Morgan fingerprint density at radius 1 is 1.39 bits per heavy atom. The van der Waals surface area contributed by atoms with Crippen LogP contribution in [0.15, 0.2) is 33.6 Å². The van der Waals surface area contributed by atoms with Gasteiger partial charge in [0.1, 0.15) is 0 Å². The molecule has 0 N–H and O–H groups in total. The van der Waals surface area contributed by atoms with E-state index < -0.39 is 0 Å². The molecule has 0 saturated carbocycles. The van der Waals surface area contributed by atoms with Crippen LogP contribution in [0.2, 0.25) is 0 Å². The Bertz CT molecular complexity index is 686. The SMILES string of the molecule is CSc1ccccc1C(=O)[C@H]1CCCN(Cc2nnc(C)o2)C1. The van der Waals surface area contributed by atoms with Crippen LogP contribution in [0.5, 0.6) is 0 Å². The average Bonchev–Trinajstić information content (AvgIpc) is 2.99. The van der Waals surface area contributed by atoms with Crippen molar-refractivity contribution in [3.05, 3.63) is 41.6 Å². The predicted octanol–water partition coefficient (Wildman–Crippen LogP) is 3.19. The minimum absolute atomic E-state index is 0.0427. The van der Waals surface area contributed by atoms with E-state index in [-0.39, 0.29) is 11.7 Å². The van der Waals surface area contributed by atoms with Gasteiger partial charge in [0.05, 0.1) is 6.54 Å². The first kappa shape index (κ1) is 16.2. The number of ketones is 1. The van der Waals surface area contributed by atoms with E-state index in [0.29, 0.717) is 18.3 Å². The molecule has 0 radical (unpaired) electrons. The lowest BCUT2D eigenvalue weighted by Crippen LogP contribution is -2.38. The highest BCUT2D eigenvalue weighted by Crippen LogP contribution is 2.27. The number of likely N-dealkylation sites (tertiary alicyclic amines) is 1. The summed E-state index contributed by atoms with van der Waals surface area (Å²) < 4.78 is 5.45. The molecule has 0 bridgehead atoms. The van der Waals surface area contributed by atoms with Crippen molar-refractivity contribution >= 4 is 17.5 Å². The number of Topliss-reactive ketones (excluding diaryl/α,β-unsaturated/α-hetero) is 1. The van der Waals surface area contributed by atoms with Gasteiger partial charge in [-0.2, -0.15) is 0 Å². The van der Waals surface area contributed by atoms with Crippen LogP contribution in [-0.2, 0) is 6.54 Å². The lowest BCUT2D eigenvalue weighted by atomic mass is 9.90. The van der Waals surface area contributed by atoms with Gasteiger partial charge >= 0.3 is 0 Å². The molecule has 1 aromatic heterocycles. The van der Waals surface area contributed by atoms with Crippen molar-refractivity contribution < 1.29 is 9.21 Å². The molecule has 0 aliphatic carbocycles. The molecule has 6 heteroatoms. The fraction of sp³-hybridized carbons (Fsp3) is 0.471. The van der Waals surface area contributed by atoms with Crippen LogP contribution >= 0.6 is 11.8 Å².